The van der Waals surface area contributed by atoms with E-state index in [1.165, 1.54) is 19.2 Å². The van der Waals surface area contributed by atoms with Crippen LogP contribution in [0.3, 0.4) is 0 Å². The molecule has 1 unspecified atom stereocenters. The van der Waals surface area contributed by atoms with E-state index in [4.69, 9.17) is 9.94 Å². The van der Waals surface area contributed by atoms with Crippen molar-refractivity contribution < 1.29 is 20.0 Å². The van der Waals surface area contributed by atoms with Crippen LogP contribution in [0.4, 0.5) is 11.4 Å². The molecule has 0 aliphatic rings. The predicted molar refractivity (Wildman–Crippen MR) is 77.3 cm³/mol. The topological polar surface area (TPSA) is 86.4 Å². The van der Waals surface area contributed by atoms with Gasteiger partial charge < -0.3 is 9.94 Å². The Bertz CT molecular complexity index is 651. The number of hydrogen-bond donors (Lipinski definition) is 2. The van der Waals surface area contributed by atoms with Crippen LogP contribution in [0.2, 0.25) is 0 Å². The molecule has 0 aliphatic heterocycles. The molecule has 21 heavy (non-hydrogen) atoms. The summed E-state index contributed by atoms with van der Waals surface area (Å²) in [6.07, 6.45) is 1.56. The molecule has 0 fully saturated rings. The van der Waals surface area contributed by atoms with Crippen LogP contribution in [0.15, 0.2) is 53.5 Å². The highest BCUT2D eigenvalue weighted by atomic mass is 16.8. The molecule has 0 saturated heterocycles. The van der Waals surface area contributed by atoms with Gasteiger partial charge in [0, 0.05) is 18.3 Å². The summed E-state index contributed by atoms with van der Waals surface area (Å²) >= 11 is 0. The molecule has 0 aliphatic carbocycles. The number of aliphatic imine (C=N–C) groups is 1. The fourth-order valence-electron chi connectivity index (χ4n) is 1.72. The number of nitrogens with zero attached hydrogens (tertiary/aromatic N) is 1. The zero-order valence-electron chi connectivity index (χ0n) is 11.3. The smallest absolute Gasteiger partial charge is 0.340 e. The SMILES string of the molecule is COC(=O)c1ccccc1N=Cc1ccc([NH+]([O-])O)cc1. The number of quaternary nitrogens is 1. The van der Waals surface area contributed by atoms with Crippen LogP contribution in [-0.2, 0) is 4.74 Å². The Hall–Kier alpha value is -2.54. The number of carbonyl (C=O) groups excluding carboxylic acids is 1. The number of rotatable bonds is 4. The summed E-state index contributed by atoms with van der Waals surface area (Å²) in [5.41, 5.74) is 1.81. The van der Waals surface area contributed by atoms with E-state index in [1.807, 2.05) is 0 Å². The summed E-state index contributed by atoms with van der Waals surface area (Å²) < 4.78 is 4.69. The average Bonchev–Trinajstić information content (AvgIpc) is 2.52. The minimum absolute atomic E-state index is 0.210. The Morgan fingerprint density at radius 2 is 1.90 bits per heavy atom. The van der Waals surface area contributed by atoms with E-state index >= 15 is 0 Å². The first-order valence-corrected chi connectivity index (χ1v) is 6.16. The molecule has 2 N–H and O–H groups in total. The Labute approximate surface area is 121 Å². The molecule has 0 saturated carbocycles. The fraction of sp³-hybridized carbons (Fsp3) is 0.0667. The molecule has 0 heterocycles. The third-order valence-electron chi connectivity index (χ3n) is 2.82. The summed E-state index contributed by atoms with van der Waals surface area (Å²) in [5, 5.41) is 18.6. The molecule has 0 aromatic heterocycles. The number of esters is 1. The molecular weight excluding hydrogens is 272 g/mol. The number of ether oxygens (including phenoxy) is 1. The van der Waals surface area contributed by atoms with E-state index < -0.39 is 11.2 Å². The summed E-state index contributed by atoms with van der Waals surface area (Å²) in [5.74, 6) is -0.455. The molecule has 0 bridgehead atoms. The fourth-order valence-corrected chi connectivity index (χ4v) is 1.72. The molecule has 2 aromatic carbocycles. The number of benzene rings is 2. The molecule has 0 radical (unpaired) electrons. The van der Waals surface area contributed by atoms with E-state index in [9.17, 15) is 10.0 Å². The van der Waals surface area contributed by atoms with Crippen molar-refractivity contribution in [3.63, 3.8) is 0 Å². The zero-order valence-corrected chi connectivity index (χ0v) is 11.3. The number of para-hydroxylation sites is 1. The van der Waals surface area contributed by atoms with E-state index in [0.29, 0.717) is 11.3 Å². The lowest BCUT2D eigenvalue weighted by Gasteiger charge is -2.10. The molecule has 1 atom stereocenters. The molecule has 2 aromatic rings. The summed E-state index contributed by atoms with van der Waals surface area (Å²) in [6.45, 7) is 0. The van der Waals surface area contributed by atoms with Gasteiger partial charge in [0.25, 0.3) is 0 Å². The zero-order chi connectivity index (χ0) is 15.2. The second kappa shape index (κ2) is 6.76. The van der Waals surface area contributed by atoms with Crippen molar-refractivity contribution in [2.24, 2.45) is 4.99 Å². The van der Waals surface area contributed by atoms with E-state index in [1.54, 1.807) is 42.6 Å². The molecule has 2 rings (SSSR count). The number of methoxy groups -OCH3 is 1. The van der Waals surface area contributed by atoms with Crippen molar-refractivity contribution in [2.75, 3.05) is 7.11 Å². The highest BCUT2D eigenvalue weighted by Crippen LogP contribution is 2.19. The quantitative estimate of drug-likeness (QED) is 0.508. The Balaban J connectivity index is 2.23. The lowest BCUT2D eigenvalue weighted by Crippen LogP contribution is -2.99. The second-order valence-electron chi connectivity index (χ2n) is 4.19. The van der Waals surface area contributed by atoms with Gasteiger partial charge in [0.05, 0.1) is 18.4 Å². The van der Waals surface area contributed by atoms with Gasteiger partial charge in [-0.05, 0) is 29.8 Å². The minimum atomic E-state index is -0.977. The van der Waals surface area contributed by atoms with Crippen molar-refractivity contribution in [3.05, 3.63) is 64.9 Å². The highest BCUT2D eigenvalue weighted by Gasteiger charge is 2.09. The summed E-state index contributed by atoms with van der Waals surface area (Å²) in [7, 11) is 1.31. The highest BCUT2D eigenvalue weighted by molar-refractivity contribution is 5.96. The van der Waals surface area contributed by atoms with Gasteiger partial charge in [0.1, 0.15) is 0 Å². The number of carbonyl (C=O) groups is 1. The standard InChI is InChI=1S/C15H14N2O4/c1-21-15(18)13-4-2-3-5-14(13)16-10-11-6-8-12(9-7-11)17(19)20/h2-10,17,19H,1H3. The first kappa shape index (κ1) is 14.9. The average molecular weight is 286 g/mol. The maximum Gasteiger partial charge on any atom is 0.340 e. The predicted octanol–water partition coefficient (Wildman–Crippen LogP) is 1.63. The molecule has 0 amide bonds. The van der Waals surface area contributed by atoms with Crippen LogP contribution in [0, 0.1) is 5.21 Å². The maximum absolute atomic E-state index is 11.6. The van der Waals surface area contributed by atoms with Crippen LogP contribution < -0.4 is 5.23 Å². The van der Waals surface area contributed by atoms with Crippen molar-refractivity contribution in [1.29, 1.82) is 0 Å². The van der Waals surface area contributed by atoms with Crippen LogP contribution in [0.5, 0.6) is 0 Å². The van der Waals surface area contributed by atoms with Crippen LogP contribution in [0.1, 0.15) is 15.9 Å². The molecule has 108 valence electrons. The van der Waals surface area contributed by atoms with Gasteiger partial charge >= 0.3 is 5.97 Å². The van der Waals surface area contributed by atoms with Gasteiger partial charge in [0.15, 0.2) is 5.69 Å². The van der Waals surface area contributed by atoms with Crippen molar-refractivity contribution >= 4 is 23.6 Å². The Kier molecular flexibility index (Phi) is 4.78. The van der Waals surface area contributed by atoms with Gasteiger partial charge in [-0.1, -0.05) is 12.1 Å². The van der Waals surface area contributed by atoms with Gasteiger partial charge in [-0.2, -0.15) is 5.23 Å². The van der Waals surface area contributed by atoms with Crippen molar-refractivity contribution in [2.45, 2.75) is 0 Å². The van der Waals surface area contributed by atoms with Gasteiger partial charge in [-0.25, -0.2) is 10.0 Å². The lowest BCUT2D eigenvalue weighted by atomic mass is 10.2. The van der Waals surface area contributed by atoms with Crippen molar-refractivity contribution in [1.82, 2.24) is 0 Å². The van der Waals surface area contributed by atoms with Gasteiger partial charge in [0.2, 0.25) is 0 Å². The van der Waals surface area contributed by atoms with Crippen LogP contribution in [0.25, 0.3) is 0 Å². The van der Waals surface area contributed by atoms with Crippen LogP contribution >= 0.6 is 0 Å². The minimum Gasteiger partial charge on any atom is -0.595 e. The first-order chi connectivity index (χ1) is 10.1. The second-order valence-corrected chi connectivity index (χ2v) is 4.19. The van der Waals surface area contributed by atoms with Gasteiger partial charge in [-0.15, -0.1) is 0 Å². The lowest BCUT2D eigenvalue weighted by molar-refractivity contribution is -0.991. The number of nitrogens with one attached hydrogen (secondary N) is 1. The summed E-state index contributed by atoms with van der Waals surface area (Å²) in [6, 6.07) is 13.1. The normalized spacial score (nSPS) is 12.3. The van der Waals surface area contributed by atoms with Crippen molar-refractivity contribution in [3.8, 4) is 0 Å². The van der Waals surface area contributed by atoms with E-state index in [-0.39, 0.29) is 5.69 Å². The monoisotopic (exact) mass is 286 g/mol. The Morgan fingerprint density at radius 3 is 2.52 bits per heavy atom. The largest absolute Gasteiger partial charge is 0.595 e. The third-order valence-corrected chi connectivity index (χ3v) is 2.82. The van der Waals surface area contributed by atoms with Gasteiger partial charge in [-0.3, -0.25) is 4.99 Å². The molecule has 0 spiro atoms. The Morgan fingerprint density at radius 1 is 1.24 bits per heavy atom. The maximum atomic E-state index is 11.6. The van der Waals surface area contributed by atoms with E-state index in [2.05, 4.69) is 4.99 Å². The number of hydrogen-bond acceptors (Lipinski definition) is 5. The van der Waals surface area contributed by atoms with Crippen LogP contribution in [-0.4, -0.2) is 24.5 Å². The summed E-state index contributed by atoms with van der Waals surface area (Å²) in [4.78, 5) is 15.9. The van der Waals surface area contributed by atoms with E-state index in [0.717, 1.165) is 5.56 Å². The molecular formula is C15H14N2O4. The molecule has 6 nitrogen and oxygen atoms in total. The third kappa shape index (κ3) is 3.73. The first-order valence-electron chi connectivity index (χ1n) is 6.16. The molecule has 6 heteroatoms.